The van der Waals surface area contributed by atoms with Crippen LogP contribution in [0.4, 0.5) is 5.69 Å². The van der Waals surface area contributed by atoms with Crippen molar-refractivity contribution in [2.45, 2.75) is 18.4 Å². The Morgan fingerprint density at radius 3 is 2.63 bits per heavy atom. The number of fused-ring (bicyclic) bond motifs is 1. The van der Waals surface area contributed by atoms with Crippen LogP contribution in [-0.4, -0.2) is 16.2 Å². The molecule has 1 N–H and O–H groups in total. The minimum absolute atomic E-state index is 0.0512. The number of benzene rings is 3. The summed E-state index contributed by atoms with van der Waals surface area (Å²) in [5.41, 5.74) is 4.09. The van der Waals surface area contributed by atoms with E-state index in [-0.39, 0.29) is 5.91 Å². The second kappa shape index (κ2) is 9.29. The first-order valence-electron chi connectivity index (χ1n) is 9.51. The van der Waals surface area contributed by atoms with Crippen LogP contribution in [0.2, 0.25) is 5.02 Å². The normalized spacial score (nSPS) is 11.0. The fourth-order valence-corrected chi connectivity index (χ4v) is 4.59. The number of carbonyl (C=O) groups is 1. The molecule has 0 aliphatic rings. The van der Waals surface area contributed by atoms with E-state index in [0.29, 0.717) is 16.5 Å². The van der Waals surface area contributed by atoms with Crippen molar-refractivity contribution >= 4 is 61.8 Å². The number of rotatable bonds is 6. The number of thioether (sulfide) groups is 1. The van der Waals surface area contributed by atoms with E-state index in [9.17, 15) is 4.79 Å². The second-order valence-electron chi connectivity index (χ2n) is 7.07. The first-order valence-corrected chi connectivity index (χ1v) is 11.7. The summed E-state index contributed by atoms with van der Waals surface area (Å²) in [6.45, 7) is 2.72. The molecule has 0 bridgehead atoms. The summed E-state index contributed by atoms with van der Waals surface area (Å²) in [6, 6.07) is 22.2. The molecular formula is C24H20BrClN2OS. The molecule has 0 unspecified atom stereocenters. The van der Waals surface area contributed by atoms with Crippen LogP contribution in [0.3, 0.4) is 0 Å². The third-order valence-electron chi connectivity index (χ3n) is 4.83. The summed E-state index contributed by atoms with van der Waals surface area (Å²) in [5, 5.41) is 4.73. The molecule has 1 aromatic heterocycles. The number of aryl methyl sites for hydroxylation is 1. The van der Waals surface area contributed by atoms with Crippen LogP contribution < -0.4 is 5.32 Å². The van der Waals surface area contributed by atoms with Gasteiger partial charge in [0.25, 0.3) is 0 Å². The quantitative estimate of drug-likeness (QED) is 0.286. The van der Waals surface area contributed by atoms with E-state index in [1.165, 1.54) is 5.56 Å². The Morgan fingerprint density at radius 1 is 1.10 bits per heavy atom. The highest BCUT2D eigenvalue weighted by Crippen LogP contribution is 2.31. The fourth-order valence-electron chi connectivity index (χ4n) is 3.26. The summed E-state index contributed by atoms with van der Waals surface area (Å²) in [6.07, 6.45) is 2.13. The zero-order valence-corrected chi connectivity index (χ0v) is 19.5. The molecule has 4 aromatic rings. The van der Waals surface area contributed by atoms with E-state index in [4.69, 9.17) is 11.6 Å². The Morgan fingerprint density at radius 2 is 1.87 bits per heavy atom. The summed E-state index contributed by atoms with van der Waals surface area (Å²) >= 11 is 11.2. The molecule has 0 saturated heterocycles. The SMILES string of the molecule is Cc1ccc(NC(=O)CSc2cn(Cc3ccc(Br)cc3)c3ccccc23)cc1Cl. The maximum absolute atomic E-state index is 12.5. The number of hydrogen-bond acceptors (Lipinski definition) is 2. The number of carbonyl (C=O) groups excluding carboxylic acids is 1. The van der Waals surface area contributed by atoms with Crippen LogP contribution in [0.5, 0.6) is 0 Å². The number of para-hydroxylation sites is 1. The summed E-state index contributed by atoms with van der Waals surface area (Å²) in [7, 11) is 0. The number of aromatic nitrogens is 1. The number of nitrogens with one attached hydrogen (secondary N) is 1. The average Bonchev–Trinajstić information content (AvgIpc) is 3.09. The van der Waals surface area contributed by atoms with E-state index in [0.717, 1.165) is 32.4 Å². The molecule has 4 rings (SSSR count). The van der Waals surface area contributed by atoms with Gasteiger partial charge in [-0.1, -0.05) is 63.9 Å². The topological polar surface area (TPSA) is 34.0 Å². The van der Waals surface area contributed by atoms with Crippen molar-refractivity contribution in [2.24, 2.45) is 0 Å². The van der Waals surface area contributed by atoms with Crippen LogP contribution in [-0.2, 0) is 11.3 Å². The van der Waals surface area contributed by atoms with Gasteiger partial charge in [0.1, 0.15) is 0 Å². The van der Waals surface area contributed by atoms with E-state index in [1.54, 1.807) is 17.8 Å². The average molecular weight is 500 g/mol. The van der Waals surface area contributed by atoms with Crippen LogP contribution in [0, 0.1) is 6.92 Å². The van der Waals surface area contributed by atoms with Crippen molar-refractivity contribution in [2.75, 3.05) is 11.1 Å². The highest BCUT2D eigenvalue weighted by Gasteiger charge is 2.12. The molecule has 0 aliphatic heterocycles. The van der Waals surface area contributed by atoms with Gasteiger partial charge < -0.3 is 9.88 Å². The third-order valence-corrected chi connectivity index (χ3v) is 6.81. The lowest BCUT2D eigenvalue weighted by Gasteiger charge is -2.06. The molecule has 0 radical (unpaired) electrons. The Labute approximate surface area is 193 Å². The molecular weight excluding hydrogens is 480 g/mol. The highest BCUT2D eigenvalue weighted by atomic mass is 79.9. The monoisotopic (exact) mass is 498 g/mol. The Bertz CT molecular complexity index is 1200. The van der Waals surface area contributed by atoms with E-state index in [2.05, 4.69) is 68.4 Å². The lowest BCUT2D eigenvalue weighted by Crippen LogP contribution is -2.13. The number of halogens is 2. The minimum Gasteiger partial charge on any atom is -0.342 e. The van der Waals surface area contributed by atoms with Crippen LogP contribution in [0.15, 0.2) is 82.3 Å². The van der Waals surface area contributed by atoms with Gasteiger partial charge in [0.15, 0.2) is 0 Å². The van der Waals surface area contributed by atoms with Crippen LogP contribution in [0.1, 0.15) is 11.1 Å². The van der Waals surface area contributed by atoms with Crippen molar-refractivity contribution in [1.82, 2.24) is 4.57 Å². The predicted molar refractivity (Wildman–Crippen MR) is 131 cm³/mol. The third kappa shape index (κ3) is 4.91. The molecule has 30 heavy (non-hydrogen) atoms. The van der Waals surface area contributed by atoms with Gasteiger partial charge in [-0.05, 0) is 48.4 Å². The van der Waals surface area contributed by atoms with Gasteiger partial charge >= 0.3 is 0 Å². The smallest absolute Gasteiger partial charge is 0.234 e. The molecule has 0 aliphatic carbocycles. The van der Waals surface area contributed by atoms with Gasteiger partial charge in [0.2, 0.25) is 5.91 Å². The summed E-state index contributed by atoms with van der Waals surface area (Å²) in [5.74, 6) is 0.280. The van der Waals surface area contributed by atoms with Crippen LogP contribution >= 0.6 is 39.3 Å². The standard InChI is InChI=1S/C24H20BrClN2OS/c1-16-6-11-19(12-21(16)26)27-24(29)15-30-23-14-28(22-5-3-2-4-20(22)23)13-17-7-9-18(25)10-8-17/h2-12,14H,13,15H2,1H3,(H,27,29). The first kappa shape index (κ1) is 21.0. The molecule has 3 nitrogen and oxygen atoms in total. The largest absolute Gasteiger partial charge is 0.342 e. The van der Waals surface area contributed by atoms with Crippen molar-refractivity contribution in [3.8, 4) is 0 Å². The molecule has 0 spiro atoms. The van der Waals surface area contributed by atoms with Crippen LogP contribution in [0.25, 0.3) is 10.9 Å². The zero-order valence-electron chi connectivity index (χ0n) is 16.4. The molecule has 1 heterocycles. The first-order chi connectivity index (χ1) is 14.5. The number of hydrogen-bond donors (Lipinski definition) is 1. The number of nitrogens with zero attached hydrogens (tertiary/aromatic N) is 1. The Kier molecular flexibility index (Phi) is 6.52. The van der Waals surface area contributed by atoms with Crippen molar-refractivity contribution < 1.29 is 4.79 Å². The highest BCUT2D eigenvalue weighted by molar-refractivity contribution is 9.10. The predicted octanol–water partition coefficient (Wildman–Crippen LogP) is 7.14. The van der Waals surface area contributed by atoms with E-state index >= 15 is 0 Å². The Hall–Kier alpha value is -2.21. The molecule has 1 amide bonds. The molecule has 0 fully saturated rings. The van der Waals surface area contributed by atoms with Gasteiger partial charge in [0.05, 0.1) is 5.75 Å². The lowest BCUT2D eigenvalue weighted by atomic mass is 10.2. The van der Waals surface area contributed by atoms with E-state index in [1.807, 2.05) is 31.2 Å². The Balaban J connectivity index is 1.49. The summed E-state index contributed by atoms with van der Waals surface area (Å²) < 4.78 is 3.30. The number of anilines is 1. The second-order valence-corrected chi connectivity index (χ2v) is 9.41. The minimum atomic E-state index is -0.0512. The van der Waals surface area contributed by atoms with Gasteiger partial charge in [-0.25, -0.2) is 0 Å². The molecule has 6 heteroatoms. The van der Waals surface area contributed by atoms with Crippen molar-refractivity contribution in [3.63, 3.8) is 0 Å². The lowest BCUT2D eigenvalue weighted by molar-refractivity contribution is -0.113. The number of amides is 1. The molecule has 152 valence electrons. The van der Waals surface area contributed by atoms with Gasteiger partial charge in [0, 0.05) is 43.7 Å². The van der Waals surface area contributed by atoms with Gasteiger partial charge in [-0.3, -0.25) is 4.79 Å². The van der Waals surface area contributed by atoms with Crippen molar-refractivity contribution in [1.29, 1.82) is 0 Å². The maximum atomic E-state index is 12.5. The summed E-state index contributed by atoms with van der Waals surface area (Å²) in [4.78, 5) is 13.6. The van der Waals surface area contributed by atoms with E-state index < -0.39 is 0 Å². The van der Waals surface area contributed by atoms with Crippen molar-refractivity contribution in [3.05, 3.63) is 93.5 Å². The van der Waals surface area contributed by atoms with Gasteiger partial charge in [-0.15, -0.1) is 11.8 Å². The zero-order chi connectivity index (χ0) is 21.1. The fraction of sp³-hybridized carbons (Fsp3) is 0.125. The maximum Gasteiger partial charge on any atom is 0.234 e. The molecule has 3 aromatic carbocycles. The van der Waals surface area contributed by atoms with Gasteiger partial charge in [-0.2, -0.15) is 0 Å². The molecule has 0 saturated carbocycles. The molecule has 0 atom stereocenters.